The Balaban J connectivity index is 1.15. The van der Waals surface area contributed by atoms with Crippen molar-refractivity contribution in [1.29, 1.82) is 0 Å². The molecule has 0 fully saturated rings. The number of benzene rings is 12. The Bertz CT molecular complexity index is 3480. The standard InChI is InChI=1S/C53H32/c1-53(2)45-27-20-29-10-3-4-13-31(29)51(45)52-35-15-6-5-14-32(35)44(28-46(52)53)33-21-22-39-43-26-24-41-37-17-8-12-30-11-7-16-36(47(30)37)40-23-25-42(50(43)49(40)41)38-19-9-18-34(33)48(38)39/h3-28H,1-2H3. The maximum absolute atomic E-state index is 2.54. The second kappa shape index (κ2) is 9.48. The third kappa shape index (κ3) is 3.30. The minimum atomic E-state index is -0.127. The molecule has 0 saturated heterocycles. The van der Waals surface area contributed by atoms with Gasteiger partial charge in [0.2, 0.25) is 0 Å². The lowest BCUT2D eigenvalue weighted by atomic mass is 9.79. The average molecular weight is 669 g/mol. The second-order valence-electron chi connectivity index (χ2n) is 15.9. The predicted molar refractivity (Wildman–Crippen MR) is 229 cm³/mol. The third-order valence-corrected chi connectivity index (χ3v) is 13.1. The first-order valence-corrected chi connectivity index (χ1v) is 18.9. The molecule has 12 aromatic rings. The predicted octanol–water partition coefficient (Wildman–Crippen LogP) is 14.9. The normalized spacial score (nSPS) is 14.0. The zero-order valence-corrected chi connectivity index (χ0v) is 29.5. The summed E-state index contributed by atoms with van der Waals surface area (Å²) in [4.78, 5) is 0. The molecule has 1 aliphatic rings. The van der Waals surface area contributed by atoms with Gasteiger partial charge in [0.25, 0.3) is 0 Å². The third-order valence-electron chi connectivity index (χ3n) is 13.1. The average Bonchev–Trinajstić information content (AvgIpc) is 3.44. The van der Waals surface area contributed by atoms with Gasteiger partial charge in [-0.3, -0.25) is 0 Å². The van der Waals surface area contributed by atoms with E-state index >= 15 is 0 Å². The summed E-state index contributed by atoms with van der Waals surface area (Å²) in [6, 6.07) is 60.2. The summed E-state index contributed by atoms with van der Waals surface area (Å²) in [5.74, 6) is 0. The zero-order chi connectivity index (χ0) is 34.7. The highest BCUT2D eigenvalue weighted by atomic mass is 14.4. The van der Waals surface area contributed by atoms with Crippen LogP contribution in [0, 0.1) is 0 Å². The van der Waals surface area contributed by atoms with Crippen molar-refractivity contribution in [3.63, 3.8) is 0 Å². The molecule has 0 heteroatoms. The second-order valence-corrected chi connectivity index (χ2v) is 15.9. The Morgan fingerprint density at radius 1 is 0.283 bits per heavy atom. The first-order chi connectivity index (χ1) is 26.1. The van der Waals surface area contributed by atoms with Gasteiger partial charge < -0.3 is 0 Å². The van der Waals surface area contributed by atoms with Gasteiger partial charge in [-0.2, -0.15) is 0 Å². The van der Waals surface area contributed by atoms with Crippen LogP contribution >= 0.6 is 0 Å². The molecule has 0 saturated carbocycles. The maximum atomic E-state index is 2.54. The van der Waals surface area contributed by atoms with E-state index < -0.39 is 0 Å². The molecule has 0 nitrogen and oxygen atoms in total. The molecule has 53 heavy (non-hydrogen) atoms. The molecule has 0 amide bonds. The van der Waals surface area contributed by atoms with E-state index in [1.165, 1.54) is 130 Å². The quantitative estimate of drug-likeness (QED) is 0.121. The smallest absolute Gasteiger partial charge is 0.0159 e. The Morgan fingerprint density at radius 2 is 0.755 bits per heavy atom. The number of fused-ring (bicyclic) bond motifs is 11. The highest BCUT2D eigenvalue weighted by Crippen LogP contribution is 2.56. The molecule has 0 radical (unpaired) electrons. The monoisotopic (exact) mass is 668 g/mol. The van der Waals surface area contributed by atoms with Crippen molar-refractivity contribution >= 4 is 97.0 Å². The van der Waals surface area contributed by atoms with E-state index in [4.69, 9.17) is 0 Å². The summed E-state index contributed by atoms with van der Waals surface area (Å²) < 4.78 is 0. The molecule has 0 aromatic heterocycles. The van der Waals surface area contributed by atoms with E-state index in [1.807, 2.05) is 0 Å². The minimum absolute atomic E-state index is 0.127. The van der Waals surface area contributed by atoms with Crippen molar-refractivity contribution in [3.8, 4) is 22.3 Å². The van der Waals surface area contributed by atoms with E-state index in [9.17, 15) is 0 Å². The van der Waals surface area contributed by atoms with Gasteiger partial charge >= 0.3 is 0 Å². The molecule has 13 rings (SSSR count). The summed E-state index contributed by atoms with van der Waals surface area (Å²) in [7, 11) is 0. The summed E-state index contributed by atoms with van der Waals surface area (Å²) >= 11 is 0. The zero-order valence-electron chi connectivity index (χ0n) is 29.5. The fourth-order valence-corrected chi connectivity index (χ4v) is 10.8. The van der Waals surface area contributed by atoms with Gasteiger partial charge in [-0.25, -0.2) is 0 Å². The van der Waals surface area contributed by atoms with Crippen molar-refractivity contribution in [1.82, 2.24) is 0 Å². The maximum Gasteiger partial charge on any atom is 0.0159 e. The largest absolute Gasteiger partial charge is 0.0616 e. The summed E-state index contributed by atoms with van der Waals surface area (Å²) in [6.45, 7) is 4.83. The fraction of sp³-hybridized carbons (Fsp3) is 0.0566. The van der Waals surface area contributed by atoms with Gasteiger partial charge in [-0.05, 0) is 136 Å². The lowest BCUT2D eigenvalue weighted by molar-refractivity contribution is 0.661. The van der Waals surface area contributed by atoms with Crippen LogP contribution in [0.15, 0.2) is 158 Å². The van der Waals surface area contributed by atoms with Crippen LogP contribution < -0.4 is 0 Å². The molecule has 244 valence electrons. The molecule has 12 aromatic carbocycles. The molecular formula is C53H32. The molecule has 0 atom stereocenters. The molecule has 0 N–H and O–H groups in total. The lowest BCUT2D eigenvalue weighted by Crippen LogP contribution is -2.15. The van der Waals surface area contributed by atoms with Gasteiger partial charge in [0.05, 0.1) is 0 Å². The molecule has 0 heterocycles. The van der Waals surface area contributed by atoms with E-state index in [-0.39, 0.29) is 5.41 Å². The topological polar surface area (TPSA) is 0 Å². The first-order valence-electron chi connectivity index (χ1n) is 18.9. The van der Waals surface area contributed by atoms with Crippen molar-refractivity contribution in [2.45, 2.75) is 19.3 Å². The molecule has 0 unspecified atom stereocenters. The van der Waals surface area contributed by atoms with Crippen molar-refractivity contribution in [3.05, 3.63) is 169 Å². The SMILES string of the molecule is CC1(C)c2ccc3ccccc3c2-c2c1cc(-c1ccc3c4ccc5c6cccc7cccc(c8ccc(c9cccc1c93)c4c85)c76)c1ccccc21. The van der Waals surface area contributed by atoms with Crippen molar-refractivity contribution in [2.24, 2.45) is 0 Å². The Hall–Kier alpha value is -6.50. The number of hydrogen-bond donors (Lipinski definition) is 0. The lowest BCUT2D eigenvalue weighted by Gasteiger charge is -2.24. The van der Waals surface area contributed by atoms with Crippen LogP contribution in [0.1, 0.15) is 25.0 Å². The summed E-state index contributed by atoms with van der Waals surface area (Å²) in [5, 5.41) is 24.1. The number of hydrogen-bond acceptors (Lipinski definition) is 0. The van der Waals surface area contributed by atoms with E-state index in [2.05, 4.69) is 172 Å². The highest BCUT2D eigenvalue weighted by Gasteiger charge is 2.38. The van der Waals surface area contributed by atoms with Crippen molar-refractivity contribution < 1.29 is 0 Å². The van der Waals surface area contributed by atoms with Crippen LogP contribution in [0.3, 0.4) is 0 Å². The summed E-state index contributed by atoms with van der Waals surface area (Å²) in [5.41, 5.74) is 8.12. The van der Waals surface area contributed by atoms with Gasteiger partial charge in [0.15, 0.2) is 0 Å². The highest BCUT2D eigenvalue weighted by molar-refractivity contribution is 6.42. The van der Waals surface area contributed by atoms with E-state index in [0.29, 0.717) is 0 Å². The van der Waals surface area contributed by atoms with Crippen LogP contribution in [0.4, 0.5) is 0 Å². The van der Waals surface area contributed by atoms with Crippen molar-refractivity contribution in [2.75, 3.05) is 0 Å². The Labute approximate surface area is 306 Å². The molecule has 0 bridgehead atoms. The van der Waals surface area contributed by atoms with Crippen LogP contribution in [0.5, 0.6) is 0 Å². The van der Waals surface area contributed by atoms with Gasteiger partial charge in [0, 0.05) is 5.41 Å². The number of rotatable bonds is 1. The molecular weight excluding hydrogens is 637 g/mol. The molecule has 1 aliphatic carbocycles. The van der Waals surface area contributed by atoms with Crippen LogP contribution in [0.25, 0.3) is 119 Å². The first kappa shape index (κ1) is 28.1. The van der Waals surface area contributed by atoms with Gasteiger partial charge in [-0.1, -0.05) is 166 Å². The minimum Gasteiger partial charge on any atom is -0.0616 e. The Morgan fingerprint density at radius 3 is 1.45 bits per heavy atom. The van der Waals surface area contributed by atoms with Crippen LogP contribution in [-0.4, -0.2) is 0 Å². The Kier molecular flexibility index (Phi) is 5.03. The summed E-state index contributed by atoms with van der Waals surface area (Å²) in [6.07, 6.45) is 0. The van der Waals surface area contributed by atoms with E-state index in [0.717, 1.165) is 0 Å². The molecule has 0 spiro atoms. The van der Waals surface area contributed by atoms with Gasteiger partial charge in [0.1, 0.15) is 0 Å². The van der Waals surface area contributed by atoms with E-state index in [1.54, 1.807) is 0 Å². The molecule has 0 aliphatic heterocycles. The fourth-order valence-electron chi connectivity index (χ4n) is 10.8. The van der Waals surface area contributed by atoms with Crippen LogP contribution in [-0.2, 0) is 5.41 Å². The van der Waals surface area contributed by atoms with Gasteiger partial charge in [-0.15, -0.1) is 0 Å². The van der Waals surface area contributed by atoms with Crippen LogP contribution in [0.2, 0.25) is 0 Å².